The zero-order chi connectivity index (χ0) is 45.1. The topological polar surface area (TPSA) is 78.9 Å². The van der Waals surface area contributed by atoms with Gasteiger partial charge < -0.3 is 14.2 Å². The molecule has 1 atom stereocenters. The van der Waals surface area contributed by atoms with Crippen LogP contribution in [0.1, 0.15) is 220 Å². The van der Waals surface area contributed by atoms with Crippen LogP contribution in [-0.4, -0.2) is 37.2 Å². The molecule has 0 aromatic carbocycles. The monoisotopic (exact) mass is 861 g/mol. The van der Waals surface area contributed by atoms with Gasteiger partial charge in [-0.3, -0.25) is 14.4 Å². The molecular formula is C56H92O6. The number of allylic oxidation sites excluding steroid dienone is 16. The average Bonchev–Trinajstić information content (AvgIpc) is 3.27. The van der Waals surface area contributed by atoms with Crippen LogP contribution in [0.4, 0.5) is 0 Å². The summed E-state index contributed by atoms with van der Waals surface area (Å²) in [6, 6.07) is 0. The third kappa shape index (κ3) is 47.4. The largest absolute Gasteiger partial charge is 0.462 e. The average molecular weight is 861 g/mol. The molecule has 0 saturated carbocycles. The van der Waals surface area contributed by atoms with Crippen molar-refractivity contribution in [3.63, 3.8) is 0 Å². The molecule has 0 bridgehead atoms. The number of unbranched alkanes of at least 4 members (excludes halogenated alkanes) is 20. The molecule has 0 spiro atoms. The van der Waals surface area contributed by atoms with Crippen molar-refractivity contribution in [1.29, 1.82) is 0 Å². The molecule has 0 heterocycles. The van der Waals surface area contributed by atoms with Crippen LogP contribution in [0.2, 0.25) is 0 Å². The number of hydrogen-bond acceptors (Lipinski definition) is 6. The van der Waals surface area contributed by atoms with Gasteiger partial charge in [0.05, 0.1) is 0 Å². The van der Waals surface area contributed by atoms with Crippen molar-refractivity contribution < 1.29 is 28.6 Å². The van der Waals surface area contributed by atoms with E-state index >= 15 is 0 Å². The van der Waals surface area contributed by atoms with Gasteiger partial charge in [-0.1, -0.05) is 208 Å². The second-order valence-electron chi connectivity index (χ2n) is 16.4. The third-order valence-corrected chi connectivity index (χ3v) is 10.4. The maximum absolute atomic E-state index is 12.8. The van der Waals surface area contributed by atoms with Crippen LogP contribution in [0.15, 0.2) is 97.2 Å². The first-order chi connectivity index (χ1) is 30.5. The molecule has 0 aromatic rings. The van der Waals surface area contributed by atoms with Gasteiger partial charge in [0.15, 0.2) is 6.10 Å². The van der Waals surface area contributed by atoms with Gasteiger partial charge in [0.25, 0.3) is 0 Å². The molecule has 0 amide bonds. The molecule has 0 aliphatic heterocycles. The minimum atomic E-state index is -0.813. The Hall–Kier alpha value is -3.67. The van der Waals surface area contributed by atoms with E-state index in [-0.39, 0.29) is 44.0 Å². The van der Waals surface area contributed by atoms with Crippen molar-refractivity contribution in [3.8, 4) is 0 Å². The lowest BCUT2D eigenvalue weighted by Crippen LogP contribution is -2.30. The summed E-state index contributed by atoms with van der Waals surface area (Å²) in [5, 5.41) is 0. The lowest BCUT2D eigenvalue weighted by Gasteiger charge is -2.18. The maximum Gasteiger partial charge on any atom is 0.306 e. The van der Waals surface area contributed by atoms with Gasteiger partial charge in [-0.05, 0) is 89.9 Å². The lowest BCUT2D eigenvalue weighted by atomic mass is 10.1. The van der Waals surface area contributed by atoms with E-state index in [9.17, 15) is 14.4 Å². The molecule has 62 heavy (non-hydrogen) atoms. The predicted molar refractivity (Wildman–Crippen MR) is 265 cm³/mol. The Bertz CT molecular complexity index is 1260. The lowest BCUT2D eigenvalue weighted by molar-refractivity contribution is -0.167. The Morgan fingerprint density at radius 2 is 0.726 bits per heavy atom. The molecule has 0 aliphatic rings. The van der Waals surface area contributed by atoms with Crippen molar-refractivity contribution in [3.05, 3.63) is 97.2 Å². The standard InChI is InChI=1S/C56H92O6/c1-4-7-10-13-16-19-22-24-26-27-28-30-31-34-37-40-43-46-49-55(58)61-52-53(51-60-54(57)48-45-42-39-36-33-21-18-15-12-9-6-3)62-56(59)50-47-44-41-38-35-32-29-25-23-20-17-14-11-8-5-2/h8-9,11-12,14,17-18,20-21,23,25,28-30,36,39,53H,4-7,10,13,15-16,19,22,24,26-27,31-35,37-38,40-52H2,1-3H3/b11-8-,12-9-,17-14-,21-18-,23-20-,29-25-,30-28-,39-36-. The van der Waals surface area contributed by atoms with Gasteiger partial charge in [0, 0.05) is 19.3 Å². The van der Waals surface area contributed by atoms with Gasteiger partial charge in [-0.25, -0.2) is 0 Å². The van der Waals surface area contributed by atoms with E-state index in [4.69, 9.17) is 14.2 Å². The van der Waals surface area contributed by atoms with Gasteiger partial charge in [-0.15, -0.1) is 0 Å². The minimum Gasteiger partial charge on any atom is -0.462 e. The van der Waals surface area contributed by atoms with E-state index in [1.165, 1.54) is 70.6 Å². The summed E-state index contributed by atoms with van der Waals surface area (Å²) in [5.41, 5.74) is 0. The molecule has 6 nitrogen and oxygen atoms in total. The molecule has 0 rings (SSSR count). The maximum atomic E-state index is 12.8. The molecule has 1 unspecified atom stereocenters. The van der Waals surface area contributed by atoms with Crippen LogP contribution in [-0.2, 0) is 28.6 Å². The third-order valence-electron chi connectivity index (χ3n) is 10.4. The SMILES string of the molecule is CC\C=C/C=C\C=C/C=C\CCCCCCCC(=O)OC(COC(=O)CCC/C=C\C/C=C\C/C=C\CC)COC(=O)CCCCCCC/C=C\CCCCCCCCCCC. The molecule has 0 aliphatic carbocycles. The zero-order valence-electron chi connectivity index (χ0n) is 40.1. The quantitative estimate of drug-likeness (QED) is 0.0200. The van der Waals surface area contributed by atoms with E-state index in [0.29, 0.717) is 12.8 Å². The Labute approximate surface area is 381 Å². The smallest absolute Gasteiger partial charge is 0.306 e. The highest BCUT2D eigenvalue weighted by molar-refractivity contribution is 5.71. The Morgan fingerprint density at radius 3 is 1.26 bits per heavy atom. The molecule has 0 aromatic heterocycles. The highest BCUT2D eigenvalue weighted by atomic mass is 16.6. The molecular weight excluding hydrogens is 769 g/mol. The number of carbonyl (C=O) groups is 3. The first-order valence-corrected chi connectivity index (χ1v) is 25.3. The van der Waals surface area contributed by atoms with Crippen molar-refractivity contribution in [2.45, 2.75) is 226 Å². The van der Waals surface area contributed by atoms with Gasteiger partial charge in [0.2, 0.25) is 0 Å². The summed E-state index contributed by atoms with van der Waals surface area (Å²) in [6.07, 6.45) is 65.5. The highest BCUT2D eigenvalue weighted by Gasteiger charge is 2.19. The second-order valence-corrected chi connectivity index (χ2v) is 16.4. The number of hydrogen-bond donors (Lipinski definition) is 0. The first-order valence-electron chi connectivity index (χ1n) is 25.3. The summed E-state index contributed by atoms with van der Waals surface area (Å²) >= 11 is 0. The van der Waals surface area contributed by atoms with Crippen LogP contribution in [0.3, 0.4) is 0 Å². The molecule has 0 radical (unpaired) electrons. The van der Waals surface area contributed by atoms with Crippen molar-refractivity contribution in [2.75, 3.05) is 13.2 Å². The van der Waals surface area contributed by atoms with Crippen molar-refractivity contribution in [1.82, 2.24) is 0 Å². The zero-order valence-corrected chi connectivity index (χ0v) is 40.1. The first kappa shape index (κ1) is 58.3. The van der Waals surface area contributed by atoms with Crippen molar-refractivity contribution >= 4 is 17.9 Å². The summed E-state index contributed by atoms with van der Waals surface area (Å²) in [6.45, 7) is 6.30. The van der Waals surface area contributed by atoms with Crippen LogP contribution < -0.4 is 0 Å². The minimum absolute atomic E-state index is 0.109. The van der Waals surface area contributed by atoms with Gasteiger partial charge >= 0.3 is 17.9 Å². The molecule has 352 valence electrons. The van der Waals surface area contributed by atoms with Gasteiger partial charge in [-0.2, -0.15) is 0 Å². The van der Waals surface area contributed by atoms with Crippen LogP contribution in [0, 0.1) is 0 Å². The second kappa shape index (κ2) is 50.0. The normalized spacial score (nSPS) is 12.9. The number of carbonyl (C=O) groups excluding carboxylic acids is 3. The summed E-state index contributed by atoms with van der Waals surface area (Å²) in [5.74, 6) is -1.00. The van der Waals surface area contributed by atoms with Crippen LogP contribution in [0.25, 0.3) is 0 Å². The number of ether oxygens (including phenoxy) is 3. The molecule has 0 saturated heterocycles. The van der Waals surface area contributed by atoms with Crippen molar-refractivity contribution in [2.24, 2.45) is 0 Å². The Balaban J connectivity index is 4.45. The Morgan fingerprint density at radius 1 is 0.355 bits per heavy atom. The number of rotatable bonds is 44. The highest BCUT2D eigenvalue weighted by Crippen LogP contribution is 2.13. The fourth-order valence-electron chi connectivity index (χ4n) is 6.65. The molecule has 0 fully saturated rings. The van der Waals surface area contributed by atoms with E-state index < -0.39 is 6.10 Å². The predicted octanol–water partition coefficient (Wildman–Crippen LogP) is 16.6. The fraction of sp³-hybridized carbons (Fsp3) is 0.661. The van der Waals surface area contributed by atoms with Crippen LogP contribution >= 0.6 is 0 Å². The summed E-state index contributed by atoms with van der Waals surface area (Å²) < 4.78 is 16.7. The van der Waals surface area contributed by atoms with E-state index in [2.05, 4.69) is 93.7 Å². The fourth-order valence-corrected chi connectivity index (χ4v) is 6.65. The van der Waals surface area contributed by atoms with Crippen LogP contribution in [0.5, 0.6) is 0 Å². The Kier molecular flexibility index (Phi) is 47.0. The van der Waals surface area contributed by atoms with E-state index in [0.717, 1.165) is 103 Å². The van der Waals surface area contributed by atoms with Gasteiger partial charge in [0.1, 0.15) is 13.2 Å². The molecule has 6 heteroatoms. The summed E-state index contributed by atoms with van der Waals surface area (Å²) in [7, 11) is 0. The molecule has 0 N–H and O–H groups in total. The van der Waals surface area contributed by atoms with E-state index in [1.54, 1.807) is 0 Å². The number of esters is 3. The summed E-state index contributed by atoms with van der Waals surface area (Å²) in [4.78, 5) is 37.9. The van der Waals surface area contributed by atoms with E-state index in [1.807, 2.05) is 24.3 Å².